The molecule has 0 aliphatic heterocycles. The van der Waals surface area contributed by atoms with Crippen molar-refractivity contribution < 1.29 is 14.7 Å². The second-order valence-corrected chi connectivity index (χ2v) is 5.31. The molecular formula is C12H18N2O3S. The minimum absolute atomic E-state index is 0.199. The van der Waals surface area contributed by atoms with Crippen molar-refractivity contribution in [2.24, 2.45) is 5.92 Å². The zero-order valence-electron chi connectivity index (χ0n) is 10.8. The van der Waals surface area contributed by atoms with Gasteiger partial charge in [0.05, 0.1) is 12.5 Å². The molecule has 0 aromatic carbocycles. The van der Waals surface area contributed by atoms with Crippen molar-refractivity contribution >= 4 is 23.3 Å². The molecule has 5 nitrogen and oxygen atoms in total. The number of hydrogen-bond donors (Lipinski definition) is 2. The molecule has 0 spiro atoms. The van der Waals surface area contributed by atoms with Gasteiger partial charge in [0.2, 0.25) is 0 Å². The van der Waals surface area contributed by atoms with Crippen LogP contribution in [-0.4, -0.2) is 35.6 Å². The number of carbonyl (C=O) groups excluding carboxylic acids is 1. The summed E-state index contributed by atoms with van der Waals surface area (Å²) >= 11 is 1.59. The number of hydrogen-bond acceptors (Lipinski definition) is 3. The molecule has 0 aliphatic carbocycles. The van der Waals surface area contributed by atoms with Crippen LogP contribution < -0.4 is 5.32 Å². The summed E-state index contributed by atoms with van der Waals surface area (Å²) in [5.74, 6) is -1.46. The number of rotatable bonds is 5. The smallest absolute Gasteiger partial charge is 0.317 e. The van der Waals surface area contributed by atoms with E-state index in [0.29, 0.717) is 6.54 Å². The van der Waals surface area contributed by atoms with Gasteiger partial charge >= 0.3 is 12.0 Å². The van der Waals surface area contributed by atoms with Crippen LogP contribution in [0.1, 0.15) is 17.4 Å². The van der Waals surface area contributed by atoms with E-state index in [0.717, 1.165) is 10.4 Å². The highest BCUT2D eigenvalue weighted by Gasteiger charge is 2.17. The molecule has 6 heteroatoms. The van der Waals surface area contributed by atoms with Crippen molar-refractivity contribution in [2.75, 3.05) is 13.6 Å². The monoisotopic (exact) mass is 270 g/mol. The molecule has 0 saturated heterocycles. The number of carbonyl (C=O) groups is 2. The minimum atomic E-state index is -0.899. The number of amides is 2. The molecule has 1 unspecified atom stereocenters. The molecule has 2 amide bonds. The average Bonchev–Trinajstić information content (AvgIpc) is 2.71. The third kappa shape index (κ3) is 4.03. The zero-order valence-corrected chi connectivity index (χ0v) is 11.6. The van der Waals surface area contributed by atoms with Crippen LogP contribution in [0.25, 0.3) is 0 Å². The summed E-state index contributed by atoms with van der Waals surface area (Å²) in [4.78, 5) is 24.9. The molecule has 0 saturated carbocycles. The number of carboxylic acid groups (broad SMARTS) is 1. The van der Waals surface area contributed by atoms with Gasteiger partial charge in [0.1, 0.15) is 0 Å². The Bertz CT molecular complexity index is 431. The molecule has 18 heavy (non-hydrogen) atoms. The second-order valence-electron chi connectivity index (χ2n) is 4.31. The Morgan fingerprint density at radius 1 is 1.56 bits per heavy atom. The van der Waals surface area contributed by atoms with Crippen LogP contribution in [0.2, 0.25) is 0 Å². The van der Waals surface area contributed by atoms with Crippen molar-refractivity contribution in [2.45, 2.75) is 20.4 Å². The Hall–Kier alpha value is -1.56. The molecule has 0 aliphatic rings. The fraction of sp³-hybridized carbons (Fsp3) is 0.500. The van der Waals surface area contributed by atoms with Gasteiger partial charge in [-0.15, -0.1) is 11.3 Å². The summed E-state index contributed by atoms with van der Waals surface area (Å²) in [5, 5.41) is 13.5. The quantitative estimate of drug-likeness (QED) is 0.858. The fourth-order valence-electron chi connectivity index (χ4n) is 1.45. The molecule has 1 aromatic heterocycles. The maximum atomic E-state index is 11.7. The lowest BCUT2D eigenvalue weighted by atomic mass is 10.2. The molecule has 0 fully saturated rings. The first-order valence-corrected chi connectivity index (χ1v) is 6.54. The van der Waals surface area contributed by atoms with E-state index in [-0.39, 0.29) is 12.6 Å². The number of thiophene rings is 1. The number of nitrogens with one attached hydrogen (secondary N) is 1. The highest BCUT2D eigenvalue weighted by Crippen LogP contribution is 2.14. The van der Waals surface area contributed by atoms with E-state index in [9.17, 15) is 9.59 Å². The van der Waals surface area contributed by atoms with Gasteiger partial charge in [-0.2, -0.15) is 0 Å². The number of urea groups is 1. The zero-order chi connectivity index (χ0) is 13.7. The number of nitrogens with zero attached hydrogens (tertiary/aromatic N) is 1. The fourth-order valence-corrected chi connectivity index (χ4v) is 2.29. The maximum Gasteiger partial charge on any atom is 0.317 e. The van der Waals surface area contributed by atoms with Crippen LogP contribution in [0.4, 0.5) is 4.79 Å². The van der Waals surface area contributed by atoms with Gasteiger partial charge in [0.15, 0.2) is 0 Å². The molecule has 1 heterocycles. The summed E-state index contributed by atoms with van der Waals surface area (Å²) in [5.41, 5.74) is 1.15. The number of aliphatic carboxylic acids is 1. The normalized spacial score (nSPS) is 11.9. The average molecular weight is 270 g/mol. The topological polar surface area (TPSA) is 69.6 Å². The Morgan fingerprint density at radius 2 is 2.22 bits per heavy atom. The standard InChI is InChI=1S/C12H18N2O3S/c1-8-4-5-18-10(8)6-13-12(17)14(3)7-9(2)11(15)16/h4-5,9H,6-7H2,1-3H3,(H,13,17)(H,15,16). The molecular weight excluding hydrogens is 252 g/mol. The van der Waals surface area contributed by atoms with Crippen LogP contribution in [0.15, 0.2) is 11.4 Å². The van der Waals surface area contributed by atoms with Crippen molar-refractivity contribution in [3.8, 4) is 0 Å². The highest BCUT2D eigenvalue weighted by atomic mass is 32.1. The molecule has 0 bridgehead atoms. The largest absolute Gasteiger partial charge is 0.481 e. The summed E-state index contributed by atoms with van der Waals surface area (Å²) in [6, 6.07) is 1.75. The van der Waals surface area contributed by atoms with E-state index in [4.69, 9.17) is 5.11 Å². The Balaban J connectivity index is 2.41. The third-order valence-electron chi connectivity index (χ3n) is 2.68. The lowest BCUT2D eigenvalue weighted by Gasteiger charge is -2.19. The van der Waals surface area contributed by atoms with Crippen LogP contribution in [0, 0.1) is 12.8 Å². The molecule has 1 atom stereocenters. The predicted molar refractivity (Wildman–Crippen MR) is 70.7 cm³/mol. The van der Waals surface area contributed by atoms with Gasteiger partial charge in [-0.25, -0.2) is 4.79 Å². The first kappa shape index (κ1) is 14.5. The molecule has 2 N–H and O–H groups in total. The van der Waals surface area contributed by atoms with Crippen molar-refractivity contribution in [3.05, 3.63) is 21.9 Å². The van der Waals surface area contributed by atoms with Gasteiger partial charge in [-0.1, -0.05) is 6.92 Å². The van der Waals surface area contributed by atoms with Gasteiger partial charge in [-0.05, 0) is 23.9 Å². The first-order chi connectivity index (χ1) is 8.41. The van der Waals surface area contributed by atoms with Gasteiger partial charge < -0.3 is 15.3 Å². The molecule has 1 aromatic rings. The van der Waals surface area contributed by atoms with Crippen LogP contribution in [-0.2, 0) is 11.3 Å². The predicted octanol–water partition coefficient (Wildman–Crippen LogP) is 1.92. The van der Waals surface area contributed by atoms with E-state index in [2.05, 4.69) is 5.32 Å². The number of carboxylic acids is 1. The number of aryl methyl sites for hydroxylation is 1. The van der Waals surface area contributed by atoms with Crippen LogP contribution >= 0.6 is 11.3 Å². The Morgan fingerprint density at radius 3 is 2.72 bits per heavy atom. The summed E-state index contributed by atoms with van der Waals surface area (Å²) in [7, 11) is 1.59. The molecule has 100 valence electrons. The van der Waals surface area contributed by atoms with Crippen LogP contribution in [0.5, 0.6) is 0 Å². The van der Waals surface area contributed by atoms with E-state index in [1.165, 1.54) is 4.90 Å². The van der Waals surface area contributed by atoms with E-state index < -0.39 is 11.9 Å². The van der Waals surface area contributed by atoms with Gasteiger partial charge in [0.25, 0.3) is 0 Å². The third-order valence-corrected chi connectivity index (χ3v) is 3.71. The molecule has 1 rings (SSSR count). The van der Waals surface area contributed by atoms with E-state index >= 15 is 0 Å². The first-order valence-electron chi connectivity index (χ1n) is 5.66. The Labute approximate surface area is 110 Å². The van der Waals surface area contributed by atoms with Crippen molar-refractivity contribution in [1.82, 2.24) is 10.2 Å². The summed E-state index contributed by atoms with van der Waals surface area (Å²) < 4.78 is 0. The minimum Gasteiger partial charge on any atom is -0.481 e. The van der Waals surface area contributed by atoms with Crippen LogP contribution in [0.3, 0.4) is 0 Å². The lowest BCUT2D eigenvalue weighted by molar-refractivity contribution is -0.141. The Kier molecular flexibility index (Phi) is 5.15. The van der Waals surface area contributed by atoms with Gasteiger partial charge in [-0.3, -0.25) is 4.79 Å². The lowest BCUT2D eigenvalue weighted by Crippen LogP contribution is -2.40. The summed E-state index contributed by atoms with van der Waals surface area (Å²) in [6.45, 7) is 4.25. The van der Waals surface area contributed by atoms with E-state index in [1.807, 2.05) is 18.4 Å². The highest BCUT2D eigenvalue weighted by molar-refractivity contribution is 7.10. The van der Waals surface area contributed by atoms with Crippen molar-refractivity contribution in [1.29, 1.82) is 0 Å². The second kappa shape index (κ2) is 6.39. The summed E-state index contributed by atoms with van der Waals surface area (Å²) in [6.07, 6.45) is 0. The SMILES string of the molecule is Cc1ccsc1CNC(=O)N(C)CC(C)C(=O)O. The molecule has 0 radical (unpaired) electrons. The van der Waals surface area contributed by atoms with Gasteiger partial charge in [0, 0.05) is 18.5 Å². The van der Waals surface area contributed by atoms with E-state index in [1.54, 1.807) is 25.3 Å². The maximum absolute atomic E-state index is 11.7. The van der Waals surface area contributed by atoms with Crippen molar-refractivity contribution in [3.63, 3.8) is 0 Å².